The number of fused-ring (bicyclic) bond motifs is 1. The summed E-state index contributed by atoms with van der Waals surface area (Å²) < 4.78 is 1.81. The van der Waals surface area contributed by atoms with E-state index in [1.807, 2.05) is 10.6 Å². The molecule has 0 spiro atoms. The summed E-state index contributed by atoms with van der Waals surface area (Å²) in [6.07, 6.45) is 5.02. The number of hydrogen-bond acceptors (Lipinski definition) is 3. The lowest BCUT2D eigenvalue weighted by Gasteiger charge is -2.25. The van der Waals surface area contributed by atoms with E-state index >= 15 is 0 Å². The highest BCUT2D eigenvalue weighted by atomic mass is 15.1. The second-order valence-corrected chi connectivity index (χ2v) is 5.11. The van der Waals surface area contributed by atoms with Crippen molar-refractivity contribution in [1.82, 2.24) is 9.55 Å². The van der Waals surface area contributed by atoms with E-state index in [2.05, 4.69) is 35.3 Å². The van der Waals surface area contributed by atoms with Crippen LogP contribution in [0.25, 0.3) is 0 Å². The van der Waals surface area contributed by atoms with Gasteiger partial charge in [0.25, 0.3) is 0 Å². The maximum atomic E-state index is 9.18. The molecular weight excluding hydrogens is 248 g/mol. The second-order valence-electron chi connectivity index (χ2n) is 5.11. The summed E-state index contributed by atoms with van der Waals surface area (Å²) in [6, 6.07) is 12.6. The molecule has 1 heterocycles. The Balaban J connectivity index is 1.92. The van der Waals surface area contributed by atoms with Gasteiger partial charge in [0, 0.05) is 12.5 Å². The minimum Gasteiger partial charge on any atom is -0.321 e. The molecule has 1 aliphatic rings. The topological polar surface area (TPSA) is 65.4 Å². The van der Waals surface area contributed by atoms with Crippen LogP contribution in [0.5, 0.6) is 0 Å². The molecule has 0 bridgehead atoms. The maximum Gasteiger partial charge on any atom is 0.176 e. The first-order valence-corrected chi connectivity index (χ1v) is 6.76. The van der Waals surface area contributed by atoms with E-state index in [9.17, 15) is 5.26 Å². The Hall–Kier alpha value is -2.59. The Labute approximate surface area is 117 Å². The molecule has 0 amide bonds. The van der Waals surface area contributed by atoms with Gasteiger partial charge < -0.3 is 4.57 Å². The van der Waals surface area contributed by atoms with Gasteiger partial charge in [-0.3, -0.25) is 0 Å². The molecule has 1 unspecified atom stereocenters. The van der Waals surface area contributed by atoms with Gasteiger partial charge >= 0.3 is 0 Å². The fourth-order valence-electron chi connectivity index (χ4n) is 3.00. The molecule has 1 aromatic heterocycles. The van der Waals surface area contributed by atoms with Gasteiger partial charge in [0.05, 0.1) is 6.33 Å². The van der Waals surface area contributed by atoms with Crippen LogP contribution < -0.4 is 0 Å². The third-order valence-corrected chi connectivity index (χ3v) is 3.96. The van der Waals surface area contributed by atoms with Crippen molar-refractivity contribution in [2.45, 2.75) is 31.7 Å². The van der Waals surface area contributed by atoms with Crippen molar-refractivity contribution in [3.8, 4) is 12.1 Å². The van der Waals surface area contributed by atoms with Crippen LogP contribution in [0.3, 0.4) is 0 Å². The smallest absolute Gasteiger partial charge is 0.176 e. The fourth-order valence-corrected chi connectivity index (χ4v) is 3.00. The molecule has 4 nitrogen and oxygen atoms in total. The lowest BCUT2D eigenvalue weighted by molar-refractivity contribution is 0.481. The van der Waals surface area contributed by atoms with Gasteiger partial charge in [-0.15, -0.1) is 0 Å². The summed E-state index contributed by atoms with van der Waals surface area (Å²) in [5.74, 6) is 0.396. The lowest BCUT2D eigenvalue weighted by atomic mass is 9.83. The number of aromatic nitrogens is 2. The zero-order valence-electron chi connectivity index (χ0n) is 11.1. The number of rotatable bonds is 2. The van der Waals surface area contributed by atoms with Crippen LogP contribution in [0.1, 0.15) is 41.3 Å². The Bertz CT molecular complexity index is 715. The minimum absolute atomic E-state index is 0.219. The van der Waals surface area contributed by atoms with E-state index in [1.165, 1.54) is 17.5 Å². The van der Waals surface area contributed by atoms with Crippen molar-refractivity contribution in [1.29, 1.82) is 10.5 Å². The minimum atomic E-state index is 0.219. The van der Waals surface area contributed by atoms with E-state index in [0.29, 0.717) is 18.2 Å². The standard InChI is InChI=1S/C16H14N4/c17-8-15-16(9-18)20(11-19-15)10-13-6-3-5-12-4-1-2-7-14(12)13/h1-2,4,7,11,13H,3,5-6,10H2. The number of nitrogens with zero attached hydrogens (tertiary/aromatic N) is 4. The third-order valence-electron chi connectivity index (χ3n) is 3.96. The Kier molecular flexibility index (Phi) is 3.23. The first-order chi connectivity index (χ1) is 9.83. The SMILES string of the molecule is N#Cc1ncn(CC2CCCc3ccccc32)c1C#N. The van der Waals surface area contributed by atoms with Crippen molar-refractivity contribution in [2.75, 3.05) is 0 Å². The molecule has 0 N–H and O–H groups in total. The molecule has 2 aromatic rings. The van der Waals surface area contributed by atoms with Crippen molar-refractivity contribution in [2.24, 2.45) is 0 Å². The van der Waals surface area contributed by atoms with E-state index in [4.69, 9.17) is 5.26 Å². The van der Waals surface area contributed by atoms with Crippen LogP contribution in [-0.2, 0) is 13.0 Å². The molecule has 0 fully saturated rings. The van der Waals surface area contributed by atoms with Gasteiger partial charge in [0.1, 0.15) is 12.1 Å². The number of hydrogen-bond donors (Lipinski definition) is 0. The lowest BCUT2D eigenvalue weighted by Crippen LogP contribution is -2.16. The van der Waals surface area contributed by atoms with Crippen molar-refractivity contribution in [3.05, 3.63) is 53.1 Å². The van der Waals surface area contributed by atoms with Crippen LogP contribution in [0.4, 0.5) is 0 Å². The molecule has 1 atom stereocenters. The molecule has 4 heteroatoms. The zero-order valence-corrected chi connectivity index (χ0v) is 11.1. The average molecular weight is 262 g/mol. The number of aryl methyl sites for hydroxylation is 1. The van der Waals surface area contributed by atoms with Gasteiger partial charge in [-0.05, 0) is 30.4 Å². The molecule has 1 aromatic carbocycles. The average Bonchev–Trinajstić information content (AvgIpc) is 2.89. The van der Waals surface area contributed by atoms with Gasteiger partial charge in [-0.1, -0.05) is 24.3 Å². The molecule has 0 aliphatic heterocycles. The summed E-state index contributed by atoms with van der Waals surface area (Å²) in [4.78, 5) is 4.01. The van der Waals surface area contributed by atoms with E-state index in [-0.39, 0.29) is 5.69 Å². The van der Waals surface area contributed by atoms with Gasteiger partial charge in [-0.25, -0.2) is 4.98 Å². The monoisotopic (exact) mass is 262 g/mol. The third kappa shape index (κ3) is 2.06. The molecular formula is C16H14N4. The fraction of sp³-hybridized carbons (Fsp3) is 0.312. The van der Waals surface area contributed by atoms with Gasteiger partial charge in [0.2, 0.25) is 0 Å². The predicted octanol–water partition coefficient (Wildman–Crippen LogP) is 2.75. The first-order valence-electron chi connectivity index (χ1n) is 6.76. The highest BCUT2D eigenvalue weighted by Gasteiger charge is 2.21. The summed E-state index contributed by atoms with van der Waals surface area (Å²) in [5.41, 5.74) is 3.37. The number of benzene rings is 1. The largest absolute Gasteiger partial charge is 0.321 e. The van der Waals surface area contributed by atoms with E-state index in [1.54, 1.807) is 6.33 Å². The molecule has 1 aliphatic carbocycles. The highest BCUT2D eigenvalue weighted by molar-refractivity contribution is 5.37. The first kappa shape index (κ1) is 12.4. The van der Waals surface area contributed by atoms with Gasteiger partial charge in [0.15, 0.2) is 11.4 Å². The Morgan fingerprint density at radius 2 is 2.10 bits per heavy atom. The molecule has 0 radical (unpaired) electrons. The van der Waals surface area contributed by atoms with Crippen LogP contribution in [0.2, 0.25) is 0 Å². The summed E-state index contributed by atoms with van der Waals surface area (Å²) in [6.45, 7) is 0.717. The highest BCUT2D eigenvalue weighted by Crippen LogP contribution is 2.32. The molecule has 0 saturated heterocycles. The molecule has 20 heavy (non-hydrogen) atoms. The van der Waals surface area contributed by atoms with Crippen LogP contribution in [0.15, 0.2) is 30.6 Å². The maximum absolute atomic E-state index is 9.18. The van der Waals surface area contributed by atoms with Gasteiger partial charge in [-0.2, -0.15) is 10.5 Å². The molecule has 3 rings (SSSR count). The predicted molar refractivity (Wildman–Crippen MR) is 73.8 cm³/mol. The van der Waals surface area contributed by atoms with Crippen LogP contribution in [0, 0.1) is 22.7 Å². The molecule has 0 saturated carbocycles. The Morgan fingerprint density at radius 1 is 1.25 bits per heavy atom. The zero-order chi connectivity index (χ0) is 13.9. The quantitative estimate of drug-likeness (QED) is 0.835. The molecule has 98 valence electrons. The van der Waals surface area contributed by atoms with Crippen LogP contribution in [-0.4, -0.2) is 9.55 Å². The Morgan fingerprint density at radius 3 is 2.90 bits per heavy atom. The summed E-state index contributed by atoms with van der Waals surface area (Å²) in [5, 5.41) is 18.1. The van der Waals surface area contributed by atoms with Crippen molar-refractivity contribution >= 4 is 0 Å². The number of nitriles is 2. The second kappa shape index (κ2) is 5.19. The van der Waals surface area contributed by atoms with Crippen LogP contribution >= 0.6 is 0 Å². The number of imidazole rings is 1. The van der Waals surface area contributed by atoms with E-state index < -0.39 is 0 Å². The van der Waals surface area contributed by atoms with Crippen molar-refractivity contribution < 1.29 is 0 Å². The summed E-state index contributed by atoms with van der Waals surface area (Å²) >= 11 is 0. The van der Waals surface area contributed by atoms with Crippen molar-refractivity contribution in [3.63, 3.8) is 0 Å². The normalized spacial score (nSPS) is 17.0. The summed E-state index contributed by atoms with van der Waals surface area (Å²) in [7, 11) is 0. The van der Waals surface area contributed by atoms with E-state index in [0.717, 1.165) is 12.8 Å².